The van der Waals surface area contributed by atoms with E-state index in [4.69, 9.17) is 16.3 Å². The zero-order chi connectivity index (χ0) is 14.5. The first-order chi connectivity index (χ1) is 9.61. The van der Waals surface area contributed by atoms with Gasteiger partial charge >= 0.3 is 0 Å². The summed E-state index contributed by atoms with van der Waals surface area (Å²) in [5, 5.41) is 3.39. The quantitative estimate of drug-likeness (QED) is 0.940. The van der Waals surface area contributed by atoms with Crippen molar-refractivity contribution >= 4 is 17.5 Å². The molecule has 0 aliphatic carbocycles. The molecule has 0 aliphatic heterocycles. The second kappa shape index (κ2) is 6.39. The number of amides is 1. The van der Waals surface area contributed by atoms with Crippen molar-refractivity contribution in [3.8, 4) is 5.75 Å². The molecule has 0 radical (unpaired) electrons. The number of pyridine rings is 1. The van der Waals surface area contributed by atoms with Gasteiger partial charge in [-0.15, -0.1) is 0 Å². The summed E-state index contributed by atoms with van der Waals surface area (Å²) in [6.07, 6.45) is 3.41. The SMILES string of the molecule is COc1ccc(Cl)cc1C(=O)NC(C)c1cccnc1. The molecule has 1 aromatic carbocycles. The fraction of sp³-hybridized carbons (Fsp3) is 0.200. The first kappa shape index (κ1) is 14.3. The van der Waals surface area contributed by atoms with E-state index in [-0.39, 0.29) is 11.9 Å². The number of nitrogens with zero attached hydrogens (tertiary/aromatic N) is 1. The monoisotopic (exact) mass is 290 g/mol. The molecule has 0 saturated heterocycles. The zero-order valence-corrected chi connectivity index (χ0v) is 12.0. The molecule has 0 spiro atoms. The van der Waals surface area contributed by atoms with Crippen LogP contribution in [0.15, 0.2) is 42.7 Å². The van der Waals surface area contributed by atoms with E-state index in [1.165, 1.54) is 7.11 Å². The van der Waals surface area contributed by atoms with Crippen LogP contribution in [0.2, 0.25) is 5.02 Å². The summed E-state index contributed by atoms with van der Waals surface area (Å²) in [6.45, 7) is 1.89. The summed E-state index contributed by atoms with van der Waals surface area (Å²) in [6, 6.07) is 8.53. The van der Waals surface area contributed by atoms with Gasteiger partial charge in [0.15, 0.2) is 0 Å². The zero-order valence-electron chi connectivity index (χ0n) is 11.3. The molecule has 4 nitrogen and oxygen atoms in total. The molecule has 0 aliphatic rings. The van der Waals surface area contributed by atoms with Crippen molar-refractivity contribution in [2.75, 3.05) is 7.11 Å². The standard InChI is InChI=1S/C15H15ClN2O2/c1-10(11-4-3-7-17-9-11)18-15(19)13-8-12(16)5-6-14(13)20-2/h3-10H,1-2H3,(H,18,19). The molecule has 0 saturated carbocycles. The van der Waals surface area contributed by atoms with Crippen LogP contribution >= 0.6 is 11.6 Å². The van der Waals surface area contributed by atoms with Gasteiger partial charge in [-0.3, -0.25) is 9.78 Å². The largest absolute Gasteiger partial charge is 0.496 e. The van der Waals surface area contributed by atoms with Crippen LogP contribution in [0.25, 0.3) is 0 Å². The van der Waals surface area contributed by atoms with Gasteiger partial charge in [0.25, 0.3) is 5.91 Å². The van der Waals surface area contributed by atoms with Crippen LogP contribution < -0.4 is 10.1 Å². The normalized spacial score (nSPS) is 11.8. The Bertz CT molecular complexity index is 602. The number of hydrogen-bond acceptors (Lipinski definition) is 3. The van der Waals surface area contributed by atoms with Gasteiger partial charge in [0.1, 0.15) is 5.75 Å². The molecule has 5 heteroatoms. The van der Waals surface area contributed by atoms with Crippen LogP contribution in [0.1, 0.15) is 28.9 Å². The number of aromatic nitrogens is 1. The van der Waals surface area contributed by atoms with E-state index in [9.17, 15) is 4.79 Å². The molecule has 104 valence electrons. The molecule has 20 heavy (non-hydrogen) atoms. The third kappa shape index (κ3) is 3.27. The average Bonchev–Trinajstić information content (AvgIpc) is 2.48. The summed E-state index contributed by atoms with van der Waals surface area (Å²) in [5.74, 6) is 0.256. The van der Waals surface area contributed by atoms with E-state index in [0.29, 0.717) is 16.3 Å². The van der Waals surface area contributed by atoms with Crippen molar-refractivity contribution < 1.29 is 9.53 Å². The van der Waals surface area contributed by atoms with E-state index >= 15 is 0 Å². The highest BCUT2D eigenvalue weighted by molar-refractivity contribution is 6.31. The van der Waals surface area contributed by atoms with Crippen molar-refractivity contribution in [3.63, 3.8) is 0 Å². The third-order valence-corrected chi connectivity index (χ3v) is 3.17. The Labute approximate surface area is 122 Å². The molecule has 1 unspecified atom stereocenters. The molecule has 2 aromatic rings. The van der Waals surface area contributed by atoms with E-state index in [1.807, 2.05) is 19.1 Å². The summed E-state index contributed by atoms with van der Waals surface area (Å²) in [7, 11) is 1.52. The second-order valence-electron chi connectivity index (χ2n) is 4.33. The molecule has 1 amide bonds. The summed E-state index contributed by atoms with van der Waals surface area (Å²) in [4.78, 5) is 16.3. The minimum absolute atomic E-state index is 0.153. The van der Waals surface area contributed by atoms with E-state index in [0.717, 1.165) is 5.56 Å². The second-order valence-corrected chi connectivity index (χ2v) is 4.76. The smallest absolute Gasteiger partial charge is 0.255 e. The Kier molecular flexibility index (Phi) is 4.58. The molecule has 0 fully saturated rings. The highest BCUT2D eigenvalue weighted by Gasteiger charge is 2.16. The van der Waals surface area contributed by atoms with Gasteiger partial charge in [-0.25, -0.2) is 0 Å². The Morgan fingerprint density at radius 2 is 2.20 bits per heavy atom. The Morgan fingerprint density at radius 1 is 1.40 bits per heavy atom. The van der Waals surface area contributed by atoms with Crippen LogP contribution in [0.5, 0.6) is 5.75 Å². The van der Waals surface area contributed by atoms with Crippen LogP contribution in [-0.2, 0) is 0 Å². The van der Waals surface area contributed by atoms with E-state index < -0.39 is 0 Å². The molecule has 1 aromatic heterocycles. The van der Waals surface area contributed by atoms with Crippen molar-refractivity contribution in [2.45, 2.75) is 13.0 Å². The Balaban J connectivity index is 2.18. The van der Waals surface area contributed by atoms with Crippen LogP contribution in [0.3, 0.4) is 0 Å². The van der Waals surface area contributed by atoms with Gasteiger partial charge in [0.2, 0.25) is 0 Å². The Morgan fingerprint density at radius 3 is 2.85 bits per heavy atom. The van der Waals surface area contributed by atoms with Gasteiger partial charge in [-0.2, -0.15) is 0 Å². The van der Waals surface area contributed by atoms with Crippen molar-refractivity contribution in [1.29, 1.82) is 0 Å². The van der Waals surface area contributed by atoms with Crippen LogP contribution in [-0.4, -0.2) is 18.0 Å². The lowest BCUT2D eigenvalue weighted by molar-refractivity contribution is 0.0937. The van der Waals surface area contributed by atoms with E-state index in [1.54, 1.807) is 30.6 Å². The van der Waals surface area contributed by atoms with E-state index in [2.05, 4.69) is 10.3 Å². The van der Waals surface area contributed by atoms with Crippen molar-refractivity contribution in [3.05, 3.63) is 58.9 Å². The number of rotatable bonds is 4. The summed E-state index contributed by atoms with van der Waals surface area (Å²) < 4.78 is 5.18. The van der Waals surface area contributed by atoms with Gasteiger partial charge in [-0.05, 0) is 36.8 Å². The molecular formula is C15H15ClN2O2. The maximum atomic E-state index is 12.3. The fourth-order valence-electron chi connectivity index (χ4n) is 1.85. The first-order valence-corrected chi connectivity index (χ1v) is 6.54. The third-order valence-electron chi connectivity index (χ3n) is 2.94. The minimum atomic E-state index is -0.235. The van der Waals surface area contributed by atoms with Crippen LogP contribution in [0, 0.1) is 0 Å². The van der Waals surface area contributed by atoms with Gasteiger partial charge < -0.3 is 10.1 Å². The number of carbonyl (C=O) groups excluding carboxylic acids is 1. The van der Waals surface area contributed by atoms with Gasteiger partial charge in [0, 0.05) is 17.4 Å². The van der Waals surface area contributed by atoms with Gasteiger partial charge in [-0.1, -0.05) is 17.7 Å². The number of ether oxygens (including phenoxy) is 1. The molecular weight excluding hydrogens is 276 g/mol. The summed E-state index contributed by atoms with van der Waals surface area (Å²) >= 11 is 5.93. The maximum absolute atomic E-state index is 12.3. The van der Waals surface area contributed by atoms with Crippen molar-refractivity contribution in [1.82, 2.24) is 10.3 Å². The Hall–Kier alpha value is -2.07. The lowest BCUT2D eigenvalue weighted by Gasteiger charge is -2.15. The number of hydrogen-bond donors (Lipinski definition) is 1. The lowest BCUT2D eigenvalue weighted by Crippen LogP contribution is -2.27. The predicted octanol–water partition coefficient (Wildman–Crippen LogP) is 3.23. The number of methoxy groups -OCH3 is 1. The summed E-state index contributed by atoms with van der Waals surface area (Å²) in [5.41, 5.74) is 1.34. The number of benzene rings is 1. The minimum Gasteiger partial charge on any atom is -0.496 e. The molecule has 2 rings (SSSR count). The number of nitrogens with one attached hydrogen (secondary N) is 1. The highest BCUT2D eigenvalue weighted by Crippen LogP contribution is 2.23. The topological polar surface area (TPSA) is 51.2 Å². The molecule has 1 N–H and O–H groups in total. The molecule has 1 atom stereocenters. The highest BCUT2D eigenvalue weighted by atomic mass is 35.5. The first-order valence-electron chi connectivity index (χ1n) is 6.16. The number of halogens is 1. The molecule has 1 heterocycles. The maximum Gasteiger partial charge on any atom is 0.255 e. The fourth-order valence-corrected chi connectivity index (χ4v) is 2.02. The van der Waals surface area contributed by atoms with Crippen LogP contribution in [0.4, 0.5) is 0 Å². The van der Waals surface area contributed by atoms with Crippen molar-refractivity contribution in [2.24, 2.45) is 0 Å². The molecule has 0 bridgehead atoms. The predicted molar refractivity (Wildman–Crippen MR) is 78.1 cm³/mol. The van der Waals surface area contributed by atoms with Gasteiger partial charge in [0.05, 0.1) is 18.7 Å². The number of carbonyl (C=O) groups is 1. The lowest BCUT2D eigenvalue weighted by atomic mass is 10.1. The average molecular weight is 291 g/mol.